The quantitative estimate of drug-likeness (QED) is 0.498. The molecule has 5 heteroatoms. The predicted octanol–water partition coefficient (Wildman–Crippen LogP) is 6.00. The third-order valence-electron chi connectivity index (χ3n) is 5.98. The topological polar surface area (TPSA) is 51.6 Å². The zero-order valence-electron chi connectivity index (χ0n) is 17.6. The number of nitrogens with zero attached hydrogens (tertiary/aromatic N) is 1. The lowest BCUT2D eigenvalue weighted by atomic mass is 9.95. The number of aliphatic hydroxyl groups excluding tert-OH is 1. The van der Waals surface area contributed by atoms with Crippen LogP contribution in [0, 0.1) is 5.92 Å². The number of aromatic nitrogens is 1. The van der Waals surface area contributed by atoms with Gasteiger partial charge in [0.1, 0.15) is 5.75 Å². The van der Waals surface area contributed by atoms with Crippen LogP contribution in [0.3, 0.4) is 0 Å². The molecule has 2 aliphatic carbocycles. The molecule has 0 aliphatic heterocycles. The summed E-state index contributed by atoms with van der Waals surface area (Å²) < 4.78 is 11.3. The van der Waals surface area contributed by atoms with Gasteiger partial charge >= 0.3 is 0 Å². The van der Waals surface area contributed by atoms with Crippen molar-refractivity contribution in [3.63, 3.8) is 0 Å². The van der Waals surface area contributed by atoms with Crippen LogP contribution in [0.2, 0.25) is 5.02 Å². The molecule has 1 N–H and O–H groups in total. The third kappa shape index (κ3) is 4.98. The summed E-state index contributed by atoms with van der Waals surface area (Å²) in [5.74, 6) is 2.54. The second kappa shape index (κ2) is 9.84. The van der Waals surface area contributed by atoms with Crippen molar-refractivity contribution in [3.05, 3.63) is 58.3 Å². The van der Waals surface area contributed by atoms with Gasteiger partial charge in [-0.15, -0.1) is 0 Å². The number of pyridine rings is 1. The van der Waals surface area contributed by atoms with Crippen LogP contribution < -0.4 is 9.47 Å². The number of aliphatic hydroxyl groups is 1. The van der Waals surface area contributed by atoms with Crippen LogP contribution in [-0.2, 0) is 0 Å². The molecular formula is C25H30ClNO3. The molecule has 0 atom stereocenters. The molecule has 30 heavy (non-hydrogen) atoms. The van der Waals surface area contributed by atoms with Crippen molar-refractivity contribution >= 4 is 17.2 Å². The number of hydrogen-bond donors (Lipinski definition) is 1. The van der Waals surface area contributed by atoms with E-state index in [1.54, 1.807) is 7.11 Å². The number of rotatable bonds is 9. The van der Waals surface area contributed by atoms with E-state index in [9.17, 15) is 0 Å². The number of methoxy groups -OCH3 is 1. The summed E-state index contributed by atoms with van der Waals surface area (Å²) in [5, 5.41) is 9.53. The van der Waals surface area contributed by atoms with Crippen molar-refractivity contribution in [2.45, 2.75) is 50.9 Å². The summed E-state index contributed by atoms with van der Waals surface area (Å²) in [6.07, 6.45) is 10.4. The molecule has 2 aliphatic rings. The smallest absolute Gasteiger partial charge is 0.217 e. The minimum atomic E-state index is 0.105. The number of hydrogen-bond acceptors (Lipinski definition) is 4. The highest BCUT2D eigenvalue weighted by atomic mass is 35.5. The molecule has 0 radical (unpaired) electrons. The van der Waals surface area contributed by atoms with E-state index in [0.29, 0.717) is 35.6 Å². The molecule has 2 saturated carbocycles. The van der Waals surface area contributed by atoms with Crippen LogP contribution in [0.4, 0.5) is 0 Å². The first-order valence-corrected chi connectivity index (χ1v) is 11.4. The Kier molecular flexibility index (Phi) is 6.96. The van der Waals surface area contributed by atoms with Gasteiger partial charge in [0, 0.05) is 24.2 Å². The molecule has 1 heterocycles. The Balaban J connectivity index is 1.68. The lowest BCUT2D eigenvalue weighted by Gasteiger charge is -2.15. The van der Waals surface area contributed by atoms with Gasteiger partial charge in [0.05, 0.1) is 24.4 Å². The summed E-state index contributed by atoms with van der Waals surface area (Å²) in [6.45, 7) is 0.552. The van der Waals surface area contributed by atoms with Crippen molar-refractivity contribution in [2.75, 3.05) is 20.3 Å². The van der Waals surface area contributed by atoms with E-state index in [-0.39, 0.29) is 6.61 Å². The summed E-state index contributed by atoms with van der Waals surface area (Å²) >= 11 is 6.53. The van der Waals surface area contributed by atoms with E-state index < -0.39 is 0 Å². The Morgan fingerprint density at radius 2 is 1.97 bits per heavy atom. The molecule has 0 bridgehead atoms. The van der Waals surface area contributed by atoms with Crippen LogP contribution in [0.15, 0.2) is 36.4 Å². The molecule has 4 rings (SSSR count). The SMILES string of the molecule is COc1nc(C(=CC2CCCC2)c2ccc(OCCCO)c(Cl)c2)ccc1C1CC1. The van der Waals surface area contributed by atoms with Gasteiger partial charge in [-0.2, -0.15) is 0 Å². The highest BCUT2D eigenvalue weighted by Gasteiger charge is 2.28. The minimum Gasteiger partial charge on any atom is -0.492 e. The molecule has 0 amide bonds. The molecule has 4 nitrogen and oxygen atoms in total. The molecule has 160 valence electrons. The van der Waals surface area contributed by atoms with E-state index in [0.717, 1.165) is 22.7 Å². The van der Waals surface area contributed by atoms with Crippen LogP contribution in [0.5, 0.6) is 11.6 Å². The first kappa shape index (κ1) is 21.2. The number of ether oxygens (including phenoxy) is 2. The molecule has 1 aromatic carbocycles. The number of halogens is 1. The normalized spacial score (nSPS) is 17.4. The van der Waals surface area contributed by atoms with E-state index >= 15 is 0 Å². The highest BCUT2D eigenvalue weighted by molar-refractivity contribution is 6.32. The Bertz CT molecular complexity index is 901. The van der Waals surface area contributed by atoms with Crippen LogP contribution >= 0.6 is 11.6 Å². The Labute approximate surface area is 183 Å². The molecule has 0 spiro atoms. The highest BCUT2D eigenvalue weighted by Crippen LogP contribution is 2.44. The maximum absolute atomic E-state index is 8.95. The molecule has 2 fully saturated rings. The first-order chi connectivity index (χ1) is 14.7. The zero-order chi connectivity index (χ0) is 20.9. The molecule has 0 saturated heterocycles. The van der Waals surface area contributed by atoms with Gasteiger partial charge < -0.3 is 14.6 Å². The monoisotopic (exact) mass is 427 g/mol. The minimum absolute atomic E-state index is 0.105. The van der Waals surface area contributed by atoms with Gasteiger partial charge in [-0.25, -0.2) is 4.98 Å². The molecule has 2 aromatic rings. The van der Waals surface area contributed by atoms with Crippen LogP contribution in [0.25, 0.3) is 5.57 Å². The standard InChI is InChI=1S/C25H30ClNO3/c1-29-25-20(18-7-8-18)10-11-23(27-25)21(15-17-5-2-3-6-17)19-9-12-24(22(26)16-19)30-14-4-13-28/h9-12,15-18,28H,2-8,13-14H2,1H3. The van der Waals surface area contributed by atoms with Gasteiger partial charge in [0.15, 0.2) is 0 Å². The third-order valence-corrected chi connectivity index (χ3v) is 6.28. The van der Waals surface area contributed by atoms with Crippen molar-refractivity contribution < 1.29 is 14.6 Å². The fourth-order valence-electron chi connectivity index (χ4n) is 4.19. The lowest BCUT2D eigenvalue weighted by Crippen LogP contribution is -2.02. The number of benzene rings is 1. The molecule has 1 aromatic heterocycles. The Morgan fingerprint density at radius 3 is 2.63 bits per heavy atom. The fraction of sp³-hybridized carbons (Fsp3) is 0.480. The second-order valence-corrected chi connectivity index (χ2v) is 8.67. The summed E-state index contributed by atoms with van der Waals surface area (Å²) in [6, 6.07) is 10.2. The Hall–Kier alpha value is -2.04. The van der Waals surface area contributed by atoms with Crippen molar-refractivity contribution in [3.8, 4) is 11.6 Å². The maximum atomic E-state index is 8.95. The summed E-state index contributed by atoms with van der Waals surface area (Å²) in [5.41, 5.74) is 4.28. The van der Waals surface area contributed by atoms with Gasteiger partial charge in [0.25, 0.3) is 0 Å². The van der Waals surface area contributed by atoms with Gasteiger partial charge in [0.2, 0.25) is 5.88 Å². The van der Waals surface area contributed by atoms with Crippen LogP contribution in [0.1, 0.15) is 67.7 Å². The zero-order valence-corrected chi connectivity index (χ0v) is 18.3. The fourth-order valence-corrected chi connectivity index (χ4v) is 4.43. The average molecular weight is 428 g/mol. The predicted molar refractivity (Wildman–Crippen MR) is 120 cm³/mol. The summed E-state index contributed by atoms with van der Waals surface area (Å²) in [7, 11) is 1.70. The van der Waals surface area contributed by atoms with Gasteiger partial charge in [-0.1, -0.05) is 42.7 Å². The van der Waals surface area contributed by atoms with E-state index in [4.69, 9.17) is 31.2 Å². The van der Waals surface area contributed by atoms with Crippen molar-refractivity contribution in [2.24, 2.45) is 5.92 Å². The van der Waals surface area contributed by atoms with Crippen LogP contribution in [-0.4, -0.2) is 30.4 Å². The van der Waals surface area contributed by atoms with E-state index in [1.165, 1.54) is 44.1 Å². The number of allylic oxidation sites excluding steroid dienone is 1. The molecule has 0 unspecified atom stereocenters. The summed E-state index contributed by atoms with van der Waals surface area (Å²) in [4.78, 5) is 4.89. The van der Waals surface area contributed by atoms with E-state index in [2.05, 4.69) is 18.2 Å². The second-order valence-electron chi connectivity index (χ2n) is 8.26. The molecular weight excluding hydrogens is 398 g/mol. The largest absolute Gasteiger partial charge is 0.492 e. The van der Waals surface area contributed by atoms with E-state index in [1.807, 2.05) is 18.2 Å². The van der Waals surface area contributed by atoms with Gasteiger partial charge in [-0.05, 0) is 61.3 Å². The lowest BCUT2D eigenvalue weighted by molar-refractivity contribution is 0.233. The first-order valence-electron chi connectivity index (χ1n) is 11.0. The Morgan fingerprint density at radius 1 is 1.17 bits per heavy atom. The van der Waals surface area contributed by atoms with Crippen molar-refractivity contribution in [1.29, 1.82) is 0 Å². The van der Waals surface area contributed by atoms with Gasteiger partial charge in [-0.3, -0.25) is 0 Å². The average Bonchev–Trinajstić information content (AvgIpc) is 3.48. The maximum Gasteiger partial charge on any atom is 0.217 e. The van der Waals surface area contributed by atoms with Crippen molar-refractivity contribution in [1.82, 2.24) is 4.98 Å².